The van der Waals surface area contributed by atoms with Crippen LogP contribution >= 0.6 is 34.8 Å². The molecule has 0 saturated carbocycles. The molecular weight excluding hydrogens is 497 g/mol. The van der Waals surface area contributed by atoms with Crippen molar-refractivity contribution < 1.29 is 18.0 Å². The highest BCUT2D eigenvalue weighted by Crippen LogP contribution is 2.28. The van der Waals surface area contributed by atoms with E-state index in [4.69, 9.17) is 34.8 Å². The summed E-state index contributed by atoms with van der Waals surface area (Å²) in [5.41, 5.74) is 1.45. The van der Waals surface area contributed by atoms with Crippen molar-refractivity contribution in [3.8, 4) is 0 Å². The van der Waals surface area contributed by atoms with Gasteiger partial charge in [0.05, 0.1) is 11.9 Å². The van der Waals surface area contributed by atoms with E-state index in [0.717, 1.165) is 16.1 Å². The highest BCUT2D eigenvalue weighted by Gasteiger charge is 2.30. The zero-order valence-electron chi connectivity index (χ0n) is 18.0. The number of anilines is 1. The summed E-state index contributed by atoms with van der Waals surface area (Å²) in [6.07, 6.45) is 0.992. The molecule has 0 aliphatic heterocycles. The van der Waals surface area contributed by atoms with Crippen LogP contribution in [0.3, 0.4) is 0 Å². The minimum absolute atomic E-state index is 0.0851. The Kier molecular flexibility index (Phi) is 8.82. The van der Waals surface area contributed by atoms with Crippen molar-refractivity contribution in [3.05, 3.63) is 62.6 Å². The summed E-state index contributed by atoms with van der Waals surface area (Å²) >= 11 is 18.7. The average molecular weight is 521 g/mol. The highest BCUT2D eigenvalue weighted by molar-refractivity contribution is 7.92. The summed E-state index contributed by atoms with van der Waals surface area (Å²) in [5.74, 6) is -1.04. The van der Waals surface area contributed by atoms with E-state index in [1.54, 1.807) is 37.3 Å². The van der Waals surface area contributed by atoms with Crippen LogP contribution in [-0.2, 0) is 26.2 Å². The lowest BCUT2D eigenvalue weighted by Crippen LogP contribution is -2.50. The molecule has 0 fully saturated rings. The fourth-order valence-corrected chi connectivity index (χ4v) is 4.53. The van der Waals surface area contributed by atoms with Crippen LogP contribution < -0.4 is 9.62 Å². The first-order valence-corrected chi connectivity index (χ1v) is 12.5. The number of benzene rings is 2. The van der Waals surface area contributed by atoms with Crippen LogP contribution in [0, 0.1) is 6.92 Å². The summed E-state index contributed by atoms with van der Waals surface area (Å²) in [4.78, 5) is 26.9. The number of nitrogens with zero attached hydrogens (tertiary/aromatic N) is 2. The van der Waals surface area contributed by atoms with Gasteiger partial charge in [-0.3, -0.25) is 13.9 Å². The van der Waals surface area contributed by atoms with Gasteiger partial charge in [0.1, 0.15) is 12.6 Å². The predicted octanol–water partition coefficient (Wildman–Crippen LogP) is 3.88. The Morgan fingerprint density at radius 3 is 2.16 bits per heavy atom. The fourth-order valence-electron chi connectivity index (χ4n) is 3.00. The van der Waals surface area contributed by atoms with Gasteiger partial charge < -0.3 is 10.2 Å². The van der Waals surface area contributed by atoms with E-state index >= 15 is 0 Å². The molecule has 0 saturated heterocycles. The largest absolute Gasteiger partial charge is 0.357 e. The maximum Gasteiger partial charge on any atom is 0.244 e. The molecule has 0 heterocycles. The molecule has 2 aromatic rings. The second-order valence-corrected chi connectivity index (χ2v) is 10.3. The number of halogens is 3. The molecule has 0 spiro atoms. The number of nitrogens with one attached hydrogen (secondary N) is 1. The molecule has 2 amide bonds. The van der Waals surface area contributed by atoms with E-state index < -0.39 is 34.4 Å². The second-order valence-electron chi connectivity index (χ2n) is 7.22. The SMILES string of the molecule is CNC(=O)[C@@H](C)N(Cc1c(Cl)cccc1Cl)C(=O)CN(c1ccc(C)c(Cl)c1)S(C)(=O)=O. The van der Waals surface area contributed by atoms with Crippen molar-refractivity contribution in [3.63, 3.8) is 0 Å². The van der Waals surface area contributed by atoms with Gasteiger partial charge in [-0.05, 0) is 43.7 Å². The van der Waals surface area contributed by atoms with Gasteiger partial charge in [-0.15, -0.1) is 0 Å². The molecule has 11 heteroatoms. The van der Waals surface area contributed by atoms with Crippen LogP contribution in [0.15, 0.2) is 36.4 Å². The normalized spacial score (nSPS) is 12.2. The Bertz CT molecular complexity index is 1110. The van der Waals surface area contributed by atoms with E-state index in [1.807, 2.05) is 0 Å². The van der Waals surface area contributed by atoms with Crippen molar-refractivity contribution >= 4 is 62.3 Å². The number of hydrogen-bond acceptors (Lipinski definition) is 4. The monoisotopic (exact) mass is 519 g/mol. The number of amides is 2. The summed E-state index contributed by atoms with van der Waals surface area (Å²) in [6.45, 7) is 2.69. The van der Waals surface area contributed by atoms with E-state index in [1.165, 1.54) is 24.9 Å². The fraction of sp³-hybridized carbons (Fsp3) is 0.333. The minimum atomic E-state index is -3.84. The van der Waals surface area contributed by atoms with Crippen LogP contribution in [0.1, 0.15) is 18.1 Å². The summed E-state index contributed by atoms with van der Waals surface area (Å²) in [6, 6.07) is 8.68. The van der Waals surface area contributed by atoms with Gasteiger partial charge in [-0.2, -0.15) is 0 Å². The van der Waals surface area contributed by atoms with Gasteiger partial charge in [-0.25, -0.2) is 8.42 Å². The minimum Gasteiger partial charge on any atom is -0.357 e. The highest BCUT2D eigenvalue weighted by atomic mass is 35.5. The maximum atomic E-state index is 13.3. The third-order valence-electron chi connectivity index (χ3n) is 4.93. The summed E-state index contributed by atoms with van der Waals surface area (Å²) in [5, 5.41) is 3.51. The molecule has 174 valence electrons. The van der Waals surface area contributed by atoms with E-state index in [0.29, 0.717) is 20.6 Å². The molecule has 0 unspecified atom stereocenters. The summed E-state index contributed by atoms with van der Waals surface area (Å²) < 4.78 is 25.9. The van der Waals surface area contributed by atoms with Crippen LogP contribution in [0.25, 0.3) is 0 Å². The van der Waals surface area contributed by atoms with E-state index in [9.17, 15) is 18.0 Å². The topological polar surface area (TPSA) is 86.8 Å². The van der Waals surface area contributed by atoms with Gasteiger partial charge in [0.25, 0.3) is 0 Å². The first kappa shape index (κ1) is 26.3. The standard InChI is InChI=1S/C21H24Cl3N3O4S/c1-13-8-9-15(10-19(13)24)27(32(4,30)31)12-20(28)26(14(2)21(29)25-3)11-16-17(22)6-5-7-18(16)23/h5-10,14H,11-12H2,1-4H3,(H,25,29)/t14-/m1/s1. The van der Waals surface area contributed by atoms with Gasteiger partial charge in [0.15, 0.2) is 0 Å². The number of hydrogen-bond donors (Lipinski definition) is 1. The molecule has 0 aliphatic carbocycles. The van der Waals surface area contributed by atoms with Gasteiger partial charge in [-0.1, -0.05) is 46.9 Å². The quantitative estimate of drug-likeness (QED) is 0.572. The first-order chi connectivity index (χ1) is 14.9. The van der Waals surface area contributed by atoms with Crippen molar-refractivity contribution in [1.29, 1.82) is 0 Å². The van der Waals surface area contributed by atoms with Gasteiger partial charge in [0, 0.05) is 34.2 Å². The van der Waals surface area contributed by atoms with Crippen LogP contribution in [0.4, 0.5) is 5.69 Å². The third kappa shape index (κ3) is 6.28. The van der Waals surface area contributed by atoms with Crippen molar-refractivity contribution in [2.24, 2.45) is 0 Å². The molecule has 0 aromatic heterocycles. The van der Waals surface area contributed by atoms with Crippen LogP contribution in [-0.4, -0.2) is 51.0 Å². The smallest absolute Gasteiger partial charge is 0.244 e. The molecule has 2 aromatic carbocycles. The Morgan fingerprint density at radius 2 is 1.66 bits per heavy atom. The van der Waals surface area contributed by atoms with Crippen molar-refractivity contribution in [2.75, 3.05) is 24.2 Å². The second kappa shape index (κ2) is 10.7. The lowest BCUT2D eigenvalue weighted by molar-refractivity contribution is -0.139. The number of carbonyl (C=O) groups excluding carboxylic acids is 2. The molecule has 32 heavy (non-hydrogen) atoms. The number of sulfonamides is 1. The van der Waals surface area contributed by atoms with Crippen molar-refractivity contribution in [2.45, 2.75) is 26.4 Å². The average Bonchev–Trinajstić information content (AvgIpc) is 2.72. The molecule has 7 nitrogen and oxygen atoms in total. The molecule has 1 N–H and O–H groups in total. The lowest BCUT2D eigenvalue weighted by Gasteiger charge is -2.31. The molecule has 0 bridgehead atoms. The molecular formula is C21H24Cl3N3O4S. The van der Waals surface area contributed by atoms with Gasteiger partial charge >= 0.3 is 0 Å². The first-order valence-electron chi connectivity index (χ1n) is 9.54. The zero-order valence-corrected chi connectivity index (χ0v) is 21.1. The predicted molar refractivity (Wildman–Crippen MR) is 129 cm³/mol. The van der Waals surface area contributed by atoms with Gasteiger partial charge in [0.2, 0.25) is 21.8 Å². The molecule has 0 radical (unpaired) electrons. The summed E-state index contributed by atoms with van der Waals surface area (Å²) in [7, 11) is -2.40. The number of aryl methyl sites for hydroxylation is 1. The van der Waals surface area contributed by atoms with E-state index in [-0.39, 0.29) is 12.2 Å². The Hall–Kier alpha value is -2.00. The molecule has 1 atom stereocenters. The van der Waals surface area contributed by atoms with Crippen LogP contribution in [0.2, 0.25) is 15.1 Å². The zero-order chi connectivity index (χ0) is 24.2. The maximum absolute atomic E-state index is 13.3. The number of rotatable bonds is 8. The Balaban J connectivity index is 2.46. The molecule has 2 rings (SSSR count). The number of likely N-dealkylation sites (N-methyl/N-ethyl adjacent to an activating group) is 1. The van der Waals surface area contributed by atoms with Crippen molar-refractivity contribution in [1.82, 2.24) is 10.2 Å². The van der Waals surface area contributed by atoms with Crippen LogP contribution in [0.5, 0.6) is 0 Å². The Morgan fingerprint density at radius 1 is 1.06 bits per heavy atom. The van der Waals surface area contributed by atoms with E-state index in [2.05, 4.69) is 5.32 Å². The number of carbonyl (C=O) groups is 2. The third-order valence-corrected chi connectivity index (χ3v) is 7.18. The lowest BCUT2D eigenvalue weighted by atomic mass is 10.1. The molecule has 0 aliphatic rings. The Labute approximate surface area is 203 Å².